The van der Waals surface area contributed by atoms with Gasteiger partial charge in [0.15, 0.2) is 0 Å². The van der Waals surface area contributed by atoms with Crippen molar-refractivity contribution in [2.45, 2.75) is 25.4 Å². The van der Waals surface area contributed by atoms with E-state index in [1.807, 2.05) is 11.8 Å². The molecule has 0 aromatic heterocycles. The summed E-state index contributed by atoms with van der Waals surface area (Å²) in [7, 11) is 1.69. The van der Waals surface area contributed by atoms with Crippen molar-refractivity contribution in [1.29, 1.82) is 0 Å². The second kappa shape index (κ2) is 6.41. The first kappa shape index (κ1) is 15.7. The lowest BCUT2D eigenvalue weighted by Gasteiger charge is -2.39. The maximum atomic E-state index is 13.6. The number of hydrogen-bond acceptors (Lipinski definition) is 4. The molecule has 0 saturated carbocycles. The summed E-state index contributed by atoms with van der Waals surface area (Å²) in [5, 5.41) is 2.57. The van der Waals surface area contributed by atoms with Crippen LogP contribution in [0.4, 0.5) is 15.8 Å². The SMILES string of the molecule is COC1(C)CCCN(CC(=O)Nc2cc(N)ccc2F)C1. The number of nitrogens with zero attached hydrogens (tertiary/aromatic N) is 1. The van der Waals surface area contributed by atoms with Crippen molar-refractivity contribution in [3.05, 3.63) is 24.0 Å². The number of nitrogens with two attached hydrogens (primary N) is 1. The molecule has 1 aromatic carbocycles. The van der Waals surface area contributed by atoms with E-state index in [2.05, 4.69) is 5.32 Å². The molecule has 1 amide bonds. The van der Waals surface area contributed by atoms with E-state index in [1.54, 1.807) is 7.11 Å². The molecule has 21 heavy (non-hydrogen) atoms. The van der Waals surface area contributed by atoms with Crippen LogP contribution in [0.1, 0.15) is 19.8 Å². The van der Waals surface area contributed by atoms with E-state index >= 15 is 0 Å². The molecule has 0 bridgehead atoms. The van der Waals surface area contributed by atoms with E-state index in [-0.39, 0.29) is 23.7 Å². The van der Waals surface area contributed by atoms with Crippen LogP contribution >= 0.6 is 0 Å². The Bertz CT molecular complexity index is 524. The number of likely N-dealkylation sites (tertiary alicyclic amines) is 1. The number of methoxy groups -OCH3 is 1. The number of anilines is 2. The fraction of sp³-hybridized carbons (Fsp3) is 0.533. The van der Waals surface area contributed by atoms with Gasteiger partial charge in [-0.1, -0.05) is 0 Å². The van der Waals surface area contributed by atoms with E-state index in [9.17, 15) is 9.18 Å². The van der Waals surface area contributed by atoms with Crippen molar-refractivity contribution < 1.29 is 13.9 Å². The maximum absolute atomic E-state index is 13.6. The second-order valence-corrected chi connectivity index (χ2v) is 5.76. The third-order valence-electron chi connectivity index (χ3n) is 3.86. The van der Waals surface area contributed by atoms with Crippen molar-refractivity contribution in [3.8, 4) is 0 Å². The highest BCUT2D eigenvalue weighted by atomic mass is 19.1. The summed E-state index contributed by atoms with van der Waals surface area (Å²) >= 11 is 0. The molecule has 1 heterocycles. The Morgan fingerprint density at radius 1 is 1.57 bits per heavy atom. The predicted molar refractivity (Wildman–Crippen MR) is 80.5 cm³/mol. The summed E-state index contributed by atoms with van der Waals surface area (Å²) in [6.45, 7) is 3.78. The minimum atomic E-state index is -0.488. The largest absolute Gasteiger partial charge is 0.399 e. The van der Waals surface area contributed by atoms with Crippen LogP contribution in [0.25, 0.3) is 0 Å². The molecule has 1 atom stereocenters. The lowest BCUT2D eigenvalue weighted by Crippen LogP contribution is -2.49. The number of piperidine rings is 1. The number of nitrogen functional groups attached to an aromatic ring is 1. The van der Waals surface area contributed by atoms with Crippen molar-refractivity contribution in [2.75, 3.05) is 37.8 Å². The fourth-order valence-corrected chi connectivity index (χ4v) is 2.64. The summed E-state index contributed by atoms with van der Waals surface area (Å²) in [6.07, 6.45) is 1.95. The van der Waals surface area contributed by atoms with Crippen LogP contribution in [0.3, 0.4) is 0 Å². The summed E-state index contributed by atoms with van der Waals surface area (Å²) in [5.41, 5.74) is 5.91. The van der Waals surface area contributed by atoms with Gasteiger partial charge in [-0.2, -0.15) is 0 Å². The van der Waals surface area contributed by atoms with Gasteiger partial charge in [0.1, 0.15) is 5.82 Å². The Balaban J connectivity index is 1.94. The number of amides is 1. The number of carbonyl (C=O) groups excluding carboxylic acids is 1. The van der Waals surface area contributed by atoms with Crippen molar-refractivity contribution in [1.82, 2.24) is 4.90 Å². The number of benzene rings is 1. The lowest BCUT2D eigenvalue weighted by molar-refractivity contribution is -0.119. The van der Waals surface area contributed by atoms with Gasteiger partial charge >= 0.3 is 0 Å². The zero-order chi connectivity index (χ0) is 15.5. The quantitative estimate of drug-likeness (QED) is 0.832. The van der Waals surface area contributed by atoms with Crippen LogP contribution in [0.2, 0.25) is 0 Å². The van der Waals surface area contributed by atoms with Gasteiger partial charge in [0, 0.05) is 19.3 Å². The number of hydrogen-bond donors (Lipinski definition) is 2. The van der Waals surface area contributed by atoms with Gasteiger partial charge in [-0.25, -0.2) is 4.39 Å². The molecule has 1 saturated heterocycles. The molecule has 1 aliphatic rings. The average molecular weight is 295 g/mol. The highest BCUT2D eigenvalue weighted by Gasteiger charge is 2.31. The smallest absolute Gasteiger partial charge is 0.238 e. The van der Waals surface area contributed by atoms with Crippen molar-refractivity contribution >= 4 is 17.3 Å². The topological polar surface area (TPSA) is 67.6 Å². The third kappa shape index (κ3) is 4.15. The highest BCUT2D eigenvalue weighted by Crippen LogP contribution is 2.24. The van der Waals surface area contributed by atoms with Gasteiger partial charge < -0.3 is 15.8 Å². The third-order valence-corrected chi connectivity index (χ3v) is 3.86. The van der Waals surface area contributed by atoms with E-state index < -0.39 is 5.82 Å². The zero-order valence-corrected chi connectivity index (χ0v) is 12.5. The number of carbonyl (C=O) groups is 1. The molecule has 1 aliphatic heterocycles. The molecule has 2 rings (SSSR count). The normalized spacial score (nSPS) is 23.0. The highest BCUT2D eigenvalue weighted by molar-refractivity contribution is 5.92. The molecule has 3 N–H and O–H groups in total. The van der Waals surface area contributed by atoms with Crippen LogP contribution in [-0.4, -0.2) is 43.2 Å². The van der Waals surface area contributed by atoms with Crippen LogP contribution in [-0.2, 0) is 9.53 Å². The Labute approximate surface area is 124 Å². The Kier molecular flexibility index (Phi) is 4.80. The van der Waals surface area contributed by atoms with Crippen molar-refractivity contribution in [2.24, 2.45) is 0 Å². The van der Waals surface area contributed by atoms with Crippen LogP contribution in [0.5, 0.6) is 0 Å². The summed E-state index contributed by atoms with van der Waals surface area (Å²) < 4.78 is 19.1. The first-order valence-corrected chi connectivity index (χ1v) is 7.04. The number of ether oxygens (including phenoxy) is 1. The van der Waals surface area contributed by atoms with Crippen LogP contribution in [0, 0.1) is 5.82 Å². The van der Waals surface area contributed by atoms with Gasteiger partial charge in [-0.3, -0.25) is 9.69 Å². The Hall–Kier alpha value is -1.66. The molecule has 116 valence electrons. The molecule has 5 nitrogen and oxygen atoms in total. The molecule has 6 heteroatoms. The monoisotopic (exact) mass is 295 g/mol. The standard InChI is InChI=1S/C15H22FN3O2/c1-15(21-2)6-3-7-19(10-15)9-14(20)18-13-8-11(17)4-5-12(13)16/h4-5,8H,3,6-7,9-10,17H2,1-2H3,(H,18,20). The van der Waals surface area contributed by atoms with E-state index in [4.69, 9.17) is 10.5 Å². The van der Waals surface area contributed by atoms with E-state index in [1.165, 1.54) is 18.2 Å². The van der Waals surface area contributed by atoms with E-state index in [0.717, 1.165) is 19.4 Å². The first-order valence-electron chi connectivity index (χ1n) is 7.04. The number of rotatable bonds is 4. The lowest BCUT2D eigenvalue weighted by atomic mass is 9.95. The Morgan fingerprint density at radius 3 is 3.05 bits per heavy atom. The molecule has 0 radical (unpaired) electrons. The Morgan fingerprint density at radius 2 is 2.33 bits per heavy atom. The summed E-state index contributed by atoms with van der Waals surface area (Å²) in [4.78, 5) is 14.1. The molecule has 0 spiro atoms. The maximum Gasteiger partial charge on any atom is 0.238 e. The van der Waals surface area contributed by atoms with Crippen LogP contribution in [0.15, 0.2) is 18.2 Å². The molecule has 1 unspecified atom stereocenters. The second-order valence-electron chi connectivity index (χ2n) is 5.76. The minimum Gasteiger partial charge on any atom is -0.399 e. The first-order chi connectivity index (χ1) is 9.92. The van der Waals surface area contributed by atoms with Gasteiger partial charge in [0.2, 0.25) is 5.91 Å². The van der Waals surface area contributed by atoms with Gasteiger partial charge in [0.05, 0.1) is 17.8 Å². The fourth-order valence-electron chi connectivity index (χ4n) is 2.64. The molecule has 0 aliphatic carbocycles. The average Bonchev–Trinajstić information content (AvgIpc) is 2.43. The van der Waals surface area contributed by atoms with E-state index in [0.29, 0.717) is 12.2 Å². The molecule has 1 fully saturated rings. The molecule has 1 aromatic rings. The van der Waals surface area contributed by atoms with Gasteiger partial charge in [-0.05, 0) is 44.5 Å². The van der Waals surface area contributed by atoms with Crippen molar-refractivity contribution in [3.63, 3.8) is 0 Å². The minimum absolute atomic E-state index is 0.117. The molecular formula is C15H22FN3O2. The number of nitrogens with one attached hydrogen (secondary N) is 1. The molecular weight excluding hydrogens is 273 g/mol. The summed E-state index contributed by atoms with van der Waals surface area (Å²) in [5.74, 6) is -0.738. The number of halogens is 1. The summed E-state index contributed by atoms with van der Waals surface area (Å²) in [6, 6.07) is 4.12. The van der Waals surface area contributed by atoms with Crippen LogP contribution < -0.4 is 11.1 Å². The zero-order valence-electron chi connectivity index (χ0n) is 12.5. The predicted octanol–water partition coefficient (Wildman–Crippen LogP) is 1.85. The van der Waals surface area contributed by atoms with Gasteiger partial charge in [-0.15, -0.1) is 0 Å². The van der Waals surface area contributed by atoms with Gasteiger partial charge in [0.25, 0.3) is 0 Å².